The topological polar surface area (TPSA) is 62.3 Å². The van der Waals surface area contributed by atoms with Gasteiger partial charge < -0.3 is 10.2 Å². The summed E-state index contributed by atoms with van der Waals surface area (Å²) in [5, 5.41) is 3.97. The minimum Gasteiger partial charge on any atom is -0.346 e. The number of carbonyl (C=O) groups excluding carboxylic acids is 2. The number of amides is 2. The first kappa shape index (κ1) is 14.5. The van der Waals surface area contributed by atoms with Crippen LogP contribution in [0.4, 0.5) is 0 Å². The molecule has 2 heterocycles. The summed E-state index contributed by atoms with van der Waals surface area (Å²) in [6.45, 7) is 4.77. The first-order valence-electron chi connectivity index (χ1n) is 7.52. The lowest BCUT2D eigenvalue weighted by atomic mass is 10.0. The highest BCUT2D eigenvalue weighted by molar-refractivity contribution is 6.06. The molecule has 1 saturated heterocycles. The van der Waals surface area contributed by atoms with Crippen LogP contribution in [-0.2, 0) is 11.2 Å². The van der Waals surface area contributed by atoms with Crippen molar-refractivity contribution < 1.29 is 9.59 Å². The van der Waals surface area contributed by atoms with E-state index in [-0.39, 0.29) is 17.9 Å². The van der Waals surface area contributed by atoms with Gasteiger partial charge in [0.2, 0.25) is 5.91 Å². The predicted octanol–water partition coefficient (Wildman–Crippen LogP) is 1.76. The van der Waals surface area contributed by atoms with E-state index in [4.69, 9.17) is 0 Å². The molecule has 2 aromatic rings. The van der Waals surface area contributed by atoms with Crippen molar-refractivity contribution in [2.75, 3.05) is 13.1 Å². The van der Waals surface area contributed by atoms with Crippen LogP contribution in [0.25, 0.3) is 10.9 Å². The molecule has 1 aromatic carbocycles. The van der Waals surface area contributed by atoms with E-state index in [2.05, 4.69) is 23.3 Å². The maximum Gasteiger partial charge on any atom is 0.253 e. The van der Waals surface area contributed by atoms with Gasteiger partial charge in [-0.1, -0.05) is 13.0 Å². The zero-order valence-corrected chi connectivity index (χ0v) is 12.8. The molecular formula is C17H19N3O2. The molecule has 5 nitrogen and oxygen atoms in total. The number of hydrogen-bond donors (Lipinski definition) is 1. The van der Waals surface area contributed by atoms with Crippen LogP contribution in [0.15, 0.2) is 30.5 Å². The van der Waals surface area contributed by atoms with Crippen LogP contribution in [0, 0.1) is 0 Å². The molecule has 114 valence electrons. The SMILES string of the molecule is CCc1cc(C(=O)NC2CN(C(C)=O)C2)c2ncccc2c1. The highest BCUT2D eigenvalue weighted by Crippen LogP contribution is 2.20. The summed E-state index contributed by atoms with van der Waals surface area (Å²) in [7, 11) is 0. The van der Waals surface area contributed by atoms with Gasteiger partial charge >= 0.3 is 0 Å². The zero-order chi connectivity index (χ0) is 15.7. The number of aryl methyl sites for hydroxylation is 1. The van der Waals surface area contributed by atoms with Crippen LogP contribution < -0.4 is 5.32 Å². The summed E-state index contributed by atoms with van der Waals surface area (Å²) in [5.41, 5.74) is 2.45. The third-order valence-electron chi connectivity index (χ3n) is 4.08. The first-order valence-corrected chi connectivity index (χ1v) is 7.52. The van der Waals surface area contributed by atoms with Gasteiger partial charge in [-0.2, -0.15) is 0 Å². The molecular weight excluding hydrogens is 278 g/mol. The largest absolute Gasteiger partial charge is 0.346 e. The highest BCUT2D eigenvalue weighted by atomic mass is 16.2. The number of nitrogens with one attached hydrogen (secondary N) is 1. The number of aromatic nitrogens is 1. The van der Waals surface area contributed by atoms with Crippen molar-refractivity contribution in [3.8, 4) is 0 Å². The maximum absolute atomic E-state index is 12.6. The smallest absolute Gasteiger partial charge is 0.253 e. The minimum absolute atomic E-state index is 0.0282. The lowest BCUT2D eigenvalue weighted by Gasteiger charge is -2.38. The Morgan fingerprint density at radius 1 is 1.36 bits per heavy atom. The molecule has 5 heteroatoms. The molecule has 1 aliphatic rings. The van der Waals surface area contributed by atoms with Gasteiger partial charge in [0.25, 0.3) is 5.91 Å². The predicted molar refractivity (Wildman–Crippen MR) is 84.6 cm³/mol. The number of pyridine rings is 1. The molecule has 3 rings (SSSR count). The Labute approximate surface area is 129 Å². The monoisotopic (exact) mass is 297 g/mol. The Balaban J connectivity index is 1.83. The van der Waals surface area contributed by atoms with Gasteiger partial charge in [-0.05, 0) is 30.2 Å². The van der Waals surface area contributed by atoms with Gasteiger partial charge in [0.05, 0.1) is 17.1 Å². The second-order valence-corrected chi connectivity index (χ2v) is 5.67. The standard InChI is InChI=1S/C17H19N3O2/c1-3-12-7-13-5-4-6-18-16(13)15(8-12)17(22)19-14-9-20(10-14)11(2)21/h4-8,14H,3,9-10H2,1-2H3,(H,19,22). The fourth-order valence-electron chi connectivity index (χ4n) is 2.72. The van der Waals surface area contributed by atoms with Crippen molar-refractivity contribution in [1.82, 2.24) is 15.2 Å². The van der Waals surface area contributed by atoms with Crippen molar-refractivity contribution in [1.29, 1.82) is 0 Å². The van der Waals surface area contributed by atoms with Crippen molar-refractivity contribution in [2.45, 2.75) is 26.3 Å². The van der Waals surface area contributed by atoms with Crippen molar-refractivity contribution >= 4 is 22.7 Å². The summed E-state index contributed by atoms with van der Waals surface area (Å²) < 4.78 is 0. The van der Waals surface area contributed by atoms with Crippen LogP contribution in [0.3, 0.4) is 0 Å². The summed E-state index contributed by atoms with van der Waals surface area (Å²) in [6.07, 6.45) is 2.57. The third-order valence-corrected chi connectivity index (χ3v) is 4.08. The van der Waals surface area contributed by atoms with E-state index in [1.54, 1.807) is 18.0 Å². The average molecular weight is 297 g/mol. The lowest BCUT2D eigenvalue weighted by molar-refractivity contribution is -0.133. The molecule has 22 heavy (non-hydrogen) atoms. The molecule has 1 N–H and O–H groups in total. The number of benzene rings is 1. The van der Waals surface area contributed by atoms with E-state index < -0.39 is 0 Å². The molecule has 1 aliphatic heterocycles. The molecule has 0 aliphatic carbocycles. The van der Waals surface area contributed by atoms with Crippen molar-refractivity contribution in [3.63, 3.8) is 0 Å². The third kappa shape index (κ3) is 2.66. The van der Waals surface area contributed by atoms with Gasteiger partial charge in [0.15, 0.2) is 0 Å². The second-order valence-electron chi connectivity index (χ2n) is 5.67. The molecule has 0 bridgehead atoms. The van der Waals surface area contributed by atoms with Gasteiger partial charge in [-0.3, -0.25) is 14.6 Å². The average Bonchev–Trinajstić information content (AvgIpc) is 2.48. The Kier molecular flexibility index (Phi) is 3.79. The molecule has 1 aromatic heterocycles. The Bertz CT molecular complexity index is 736. The number of rotatable bonds is 3. The van der Waals surface area contributed by atoms with Crippen LogP contribution in [-0.4, -0.2) is 40.8 Å². The quantitative estimate of drug-likeness (QED) is 0.939. The molecule has 2 amide bonds. The van der Waals surface area contributed by atoms with Gasteiger partial charge in [0, 0.05) is 31.6 Å². The number of carbonyl (C=O) groups is 2. The van der Waals surface area contributed by atoms with Crippen molar-refractivity contribution in [2.24, 2.45) is 0 Å². The number of fused-ring (bicyclic) bond motifs is 1. The fraction of sp³-hybridized carbons (Fsp3) is 0.353. The highest BCUT2D eigenvalue weighted by Gasteiger charge is 2.30. The summed E-state index contributed by atoms with van der Waals surface area (Å²) in [4.78, 5) is 29.8. The molecule has 1 fully saturated rings. The van der Waals surface area contributed by atoms with Gasteiger partial charge in [0.1, 0.15) is 0 Å². The van der Waals surface area contributed by atoms with Crippen LogP contribution in [0.1, 0.15) is 29.8 Å². The van der Waals surface area contributed by atoms with Gasteiger partial charge in [-0.15, -0.1) is 0 Å². The van der Waals surface area contributed by atoms with Crippen LogP contribution in [0.2, 0.25) is 0 Å². The summed E-state index contributed by atoms with van der Waals surface area (Å²) in [5.74, 6) is -0.0715. The molecule has 0 atom stereocenters. The van der Waals surface area contributed by atoms with E-state index in [9.17, 15) is 9.59 Å². The van der Waals surface area contributed by atoms with E-state index >= 15 is 0 Å². The zero-order valence-electron chi connectivity index (χ0n) is 12.8. The number of likely N-dealkylation sites (tertiary alicyclic amines) is 1. The Hall–Kier alpha value is -2.43. The van der Waals surface area contributed by atoms with Crippen molar-refractivity contribution in [3.05, 3.63) is 41.6 Å². The normalized spacial score (nSPS) is 14.7. The number of nitrogens with zero attached hydrogens (tertiary/aromatic N) is 2. The summed E-state index contributed by atoms with van der Waals surface area (Å²) >= 11 is 0. The van der Waals surface area contributed by atoms with Crippen LogP contribution in [0.5, 0.6) is 0 Å². The lowest BCUT2D eigenvalue weighted by Crippen LogP contribution is -2.60. The molecule has 0 saturated carbocycles. The number of hydrogen-bond acceptors (Lipinski definition) is 3. The van der Waals surface area contributed by atoms with Gasteiger partial charge in [-0.25, -0.2) is 0 Å². The Morgan fingerprint density at radius 2 is 2.14 bits per heavy atom. The van der Waals surface area contributed by atoms with E-state index in [1.165, 1.54) is 0 Å². The first-order chi connectivity index (χ1) is 10.6. The molecule has 0 unspecified atom stereocenters. The fourth-order valence-corrected chi connectivity index (χ4v) is 2.72. The summed E-state index contributed by atoms with van der Waals surface area (Å²) in [6, 6.07) is 7.85. The second kappa shape index (κ2) is 5.75. The van der Waals surface area contributed by atoms with Crippen LogP contribution >= 0.6 is 0 Å². The maximum atomic E-state index is 12.6. The van der Waals surface area contributed by atoms with E-state index in [1.807, 2.05) is 18.2 Å². The Morgan fingerprint density at radius 3 is 2.82 bits per heavy atom. The molecule has 0 radical (unpaired) electrons. The minimum atomic E-state index is -0.118. The van der Waals surface area contributed by atoms with E-state index in [0.717, 1.165) is 22.9 Å². The van der Waals surface area contributed by atoms with E-state index in [0.29, 0.717) is 18.7 Å². The molecule has 0 spiro atoms.